The summed E-state index contributed by atoms with van der Waals surface area (Å²) in [6.07, 6.45) is 3.14. The predicted molar refractivity (Wildman–Crippen MR) is 152 cm³/mol. The minimum Gasteiger partial charge on any atom is -0.497 e. The molecule has 2 amide bonds. The fraction of sp³-hybridized carbons (Fsp3) is 0.207. The molecule has 7 nitrogen and oxygen atoms in total. The number of thiocarbonyl (C=S) groups is 1. The lowest BCUT2D eigenvalue weighted by Crippen LogP contribution is -2.48. The van der Waals surface area contributed by atoms with Crippen molar-refractivity contribution >= 4 is 46.6 Å². The third kappa shape index (κ3) is 7.17. The van der Waals surface area contributed by atoms with E-state index in [2.05, 4.69) is 15.5 Å². The smallest absolute Gasteiger partial charge is 0.253 e. The lowest BCUT2D eigenvalue weighted by molar-refractivity contribution is -0.115. The van der Waals surface area contributed by atoms with Gasteiger partial charge in [0.2, 0.25) is 5.91 Å². The first-order valence-corrected chi connectivity index (χ1v) is 12.5. The first kappa shape index (κ1) is 25.9. The number of anilines is 2. The van der Waals surface area contributed by atoms with Crippen molar-refractivity contribution in [2.45, 2.75) is 6.92 Å². The molecular weight excluding hydrogens is 484 g/mol. The summed E-state index contributed by atoms with van der Waals surface area (Å²) < 4.78 is 5.13. The number of carbonyl (C=O) groups excluding carboxylic acids is 2. The molecule has 0 radical (unpaired) electrons. The van der Waals surface area contributed by atoms with E-state index in [1.807, 2.05) is 84.6 Å². The molecule has 0 saturated carbocycles. The molecule has 1 saturated heterocycles. The third-order valence-electron chi connectivity index (χ3n) is 6.14. The van der Waals surface area contributed by atoms with Crippen LogP contribution in [0.4, 0.5) is 11.4 Å². The van der Waals surface area contributed by atoms with Crippen LogP contribution in [0, 0.1) is 6.92 Å². The highest BCUT2D eigenvalue weighted by molar-refractivity contribution is 7.80. The SMILES string of the molecule is COc1ccc(/C=C/C(=O)NC(=S)Nc2ccc(N3CCN(C(=O)c4ccc(C)cc4)CC3)cc2)cc1. The highest BCUT2D eigenvalue weighted by Gasteiger charge is 2.22. The fourth-order valence-electron chi connectivity index (χ4n) is 4.00. The average Bonchev–Trinajstić information content (AvgIpc) is 2.93. The van der Waals surface area contributed by atoms with Crippen LogP contribution in [0.25, 0.3) is 6.08 Å². The highest BCUT2D eigenvalue weighted by atomic mass is 32.1. The molecule has 190 valence electrons. The fourth-order valence-corrected chi connectivity index (χ4v) is 4.22. The minimum atomic E-state index is -0.317. The van der Waals surface area contributed by atoms with Gasteiger partial charge in [-0.05, 0) is 79.3 Å². The predicted octanol–water partition coefficient (Wildman–Crippen LogP) is 4.49. The van der Waals surface area contributed by atoms with Crippen LogP contribution in [0.2, 0.25) is 0 Å². The van der Waals surface area contributed by atoms with E-state index in [0.717, 1.165) is 46.9 Å². The molecule has 0 bridgehead atoms. The number of methoxy groups -OCH3 is 1. The Balaban J connectivity index is 1.23. The number of hydrogen-bond acceptors (Lipinski definition) is 5. The van der Waals surface area contributed by atoms with Gasteiger partial charge in [0.1, 0.15) is 5.75 Å². The Hall–Kier alpha value is -4.17. The lowest BCUT2D eigenvalue weighted by Gasteiger charge is -2.36. The second-order valence-electron chi connectivity index (χ2n) is 8.74. The van der Waals surface area contributed by atoms with E-state index in [9.17, 15) is 9.59 Å². The van der Waals surface area contributed by atoms with E-state index < -0.39 is 0 Å². The van der Waals surface area contributed by atoms with Crippen LogP contribution in [0.3, 0.4) is 0 Å². The molecule has 0 aliphatic carbocycles. The summed E-state index contributed by atoms with van der Waals surface area (Å²) in [6.45, 7) is 4.89. The van der Waals surface area contributed by atoms with E-state index in [1.54, 1.807) is 13.2 Å². The van der Waals surface area contributed by atoms with Gasteiger partial charge in [-0.3, -0.25) is 14.9 Å². The molecule has 1 aliphatic heterocycles. The second kappa shape index (κ2) is 12.2. The first-order valence-electron chi connectivity index (χ1n) is 12.1. The summed E-state index contributed by atoms with van der Waals surface area (Å²) in [4.78, 5) is 29.1. The number of piperazine rings is 1. The standard InChI is InChI=1S/C29H30N4O3S/c1-21-3-8-23(9-4-21)28(35)33-19-17-32(18-20-33)25-12-10-24(11-13-25)30-29(37)31-27(34)16-7-22-5-14-26(36-2)15-6-22/h3-16H,17-20H2,1-2H3,(H2,30,31,34,37)/b16-7+. The van der Waals surface area contributed by atoms with Crippen molar-refractivity contribution in [3.63, 3.8) is 0 Å². The molecule has 1 aliphatic rings. The van der Waals surface area contributed by atoms with Gasteiger partial charge in [0, 0.05) is 49.2 Å². The van der Waals surface area contributed by atoms with Gasteiger partial charge in [-0.25, -0.2) is 0 Å². The second-order valence-corrected chi connectivity index (χ2v) is 9.15. The van der Waals surface area contributed by atoms with E-state index in [-0.39, 0.29) is 16.9 Å². The zero-order chi connectivity index (χ0) is 26.2. The van der Waals surface area contributed by atoms with Crippen LogP contribution in [0.5, 0.6) is 5.75 Å². The number of aryl methyl sites for hydroxylation is 1. The van der Waals surface area contributed by atoms with Crippen molar-refractivity contribution in [2.75, 3.05) is 43.5 Å². The van der Waals surface area contributed by atoms with Gasteiger partial charge in [-0.1, -0.05) is 29.8 Å². The average molecular weight is 515 g/mol. The number of amides is 2. The molecule has 3 aromatic carbocycles. The van der Waals surface area contributed by atoms with Crippen LogP contribution in [0.15, 0.2) is 78.9 Å². The Morgan fingerprint density at radius 3 is 2.16 bits per heavy atom. The lowest BCUT2D eigenvalue weighted by atomic mass is 10.1. The number of hydrogen-bond donors (Lipinski definition) is 2. The van der Waals surface area contributed by atoms with E-state index in [1.165, 1.54) is 6.08 Å². The number of nitrogens with zero attached hydrogens (tertiary/aromatic N) is 2. The van der Waals surface area contributed by atoms with Gasteiger partial charge in [0.15, 0.2) is 5.11 Å². The molecule has 1 heterocycles. The maximum absolute atomic E-state index is 12.8. The largest absolute Gasteiger partial charge is 0.497 e. The van der Waals surface area contributed by atoms with Gasteiger partial charge >= 0.3 is 0 Å². The molecule has 2 N–H and O–H groups in total. The summed E-state index contributed by atoms with van der Waals surface area (Å²) in [5.41, 5.74) is 4.61. The number of carbonyl (C=O) groups is 2. The molecule has 8 heteroatoms. The number of ether oxygens (including phenoxy) is 1. The van der Waals surface area contributed by atoms with Gasteiger partial charge < -0.3 is 19.9 Å². The summed E-state index contributed by atoms with van der Waals surface area (Å²) >= 11 is 5.28. The normalized spacial score (nSPS) is 13.4. The zero-order valence-electron chi connectivity index (χ0n) is 20.9. The molecular formula is C29H30N4O3S. The molecule has 3 aromatic rings. The van der Waals surface area contributed by atoms with Crippen molar-refractivity contribution in [1.29, 1.82) is 0 Å². The highest BCUT2D eigenvalue weighted by Crippen LogP contribution is 2.20. The van der Waals surface area contributed by atoms with E-state index in [0.29, 0.717) is 13.1 Å². The van der Waals surface area contributed by atoms with Crippen molar-refractivity contribution in [3.05, 3.63) is 95.6 Å². The maximum atomic E-state index is 12.8. The van der Waals surface area contributed by atoms with Crippen LogP contribution in [0.1, 0.15) is 21.5 Å². The Labute approximate surface area is 222 Å². The van der Waals surface area contributed by atoms with E-state index >= 15 is 0 Å². The van der Waals surface area contributed by atoms with Crippen LogP contribution < -0.4 is 20.3 Å². The van der Waals surface area contributed by atoms with Gasteiger partial charge in [-0.15, -0.1) is 0 Å². The molecule has 37 heavy (non-hydrogen) atoms. The quantitative estimate of drug-likeness (QED) is 0.373. The first-order chi connectivity index (χ1) is 17.9. The summed E-state index contributed by atoms with van der Waals surface area (Å²) in [5, 5.41) is 5.91. The molecule has 0 spiro atoms. The Kier molecular flexibility index (Phi) is 8.53. The summed E-state index contributed by atoms with van der Waals surface area (Å²) in [6, 6.07) is 23.0. The van der Waals surface area contributed by atoms with Crippen molar-refractivity contribution < 1.29 is 14.3 Å². The molecule has 0 unspecified atom stereocenters. The van der Waals surface area contributed by atoms with Gasteiger partial charge in [0.05, 0.1) is 7.11 Å². The molecule has 0 aromatic heterocycles. The van der Waals surface area contributed by atoms with Crippen molar-refractivity contribution in [2.24, 2.45) is 0 Å². The Morgan fingerprint density at radius 1 is 0.892 bits per heavy atom. The topological polar surface area (TPSA) is 73.9 Å². The molecule has 1 fully saturated rings. The summed E-state index contributed by atoms with van der Waals surface area (Å²) in [7, 11) is 1.61. The Morgan fingerprint density at radius 2 is 1.54 bits per heavy atom. The third-order valence-corrected chi connectivity index (χ3v) is 6.34. The zero-order valence-corrected chi connectivity index (χ0v) is 21.8. The van der Waals surface area contributed by atoms with Crippen molar-refractivity contribution in [3.8, 4) is 5.75 Å². The molecule has 0 atom stereocenters. The monoisotopic (exact) mass is 514 g/mol. The molecule has 4 rings (SSSR count). The number of rotatable bonds is 6. The van der Waals surface area contributed by atoms with E-state index in [4.69, 9.17) is 17.0 Å². The Bertz CT molecular complexity index is 1260. The van der Waals surface area contributed by atoms with Gasteiger partial charge in [0.25, 0.3) is 5.91 Å². The maximum Gasteiger partial charge on any atom is 0.253 e. The number of nitrogens with one attached hydrogen (secondary N) is 2. The summed E-state index contributed by atoms with van der Waals surface area (Å²) in [5.74, 6) is 0.519. The number of benzene rings is 3. The van der Waals surface area contributed by atoms with Crippen LogP contribution in [-0.4, -0.2) is 55.1 Å². The minimum absolute atomic E-state index is 0.0774. The van der Waals surface area contributed by atoms with Crippen molar-refractivity contribution in [1.82, 2.24) is 10.2 Å². The van der Waals surface area contributed by atoms with Crippen LogP contribution >= 0.6 is 12.2 Å². The van der Waals surface area contributed by atoms with Crippen LogP contribution in [-0.2, 0) is 4.79 Å². The van der Waals surface area contributed by atoms with Gasteiger partial charge in [-0.2, -0.15) is 0 Å².